The number of ether oxygens (including phenoxy) is 1. The highest BCUT2D eigenvalue weighted by Gasteiger charge is 1.95. The van der Waals surface area contributed by atoms with Crippen molar-refractivity contribution in [2.45, 2.75) is 12.8 Å². The molecule has 0 aliphatic rings. The normalized spacial score (nSPS) is 9.54. The van der Waals surface area contributed by atoms with E-state index in [0.717, 1.165) is 5.75 Å². The summed E-state index contributed by atoms with van der Waals surface area (Å²) in [4.78, 5) is 10.4. The molecule has 1 aromatic carbocycles. The maximum absolute atomic E-state index is 10.4. The second kappa shape index (κ2) is 5.19. The van der Waals surface area contributed by atoms with Crippen LogP contribution in [0.1, 0.15) is 12.8 Å². The Bertz CT molecular complexity index is 259. The lowest BCUT2D eigenvalue weighted by Gasteiger charge is -2.03. The maximum Gasteiger partial charge on any atom is 0.217 e. The van der Waals surface area contributed by atoms with Gasteiger partial charge in [-0.2, -0.15) is 0 Å². The molecule has 0 aliphatic carbocycles. The van der Waals surface area contributed by atoms with Gasteiger partial charge in [-0.3, -0.25) is 4.79 Å². The van der Waals surface area contributed by atoms with E-state index in [2.05, 4.69) is 0 Å². The minimum Gasteiger partial charge on any atom is -0.494 e. The highest BCUT2D eigenvalue weighted by Crippen LogP contribution is 2.08. The molecule has 1 amide bonds. The van der Waals surface area contributed by atoms with Crippen LogP contribution in [0, 0.1) is 0 Å². The van der Waals surface area contributed by atoms with Crippen LogP contribution in [-0.2, 0) is 4.79 Å². The van der Waals surface area contributed by atoms with Crippen molar-refractivity contribution < 1.29 is 9.53 Å². The van der Waals surface area contributed by atoms with Crippen LogP contribution >= 0.6 is 0 Å². The van der Waals surface area contributed by atoms with Gasteiger partial charge in [-0.1, -0.05) is 18.2 Å². The molecule has 0 aromatic heterocycles. The number of carbonyl (C=O) groups is 1. The molecule has 13 heavy (non-hydrogen) atoms. The maximum atomic E-state index is 10.4. The topological polar surface area (TPSA) is 52.3 Å². The molecule has 0 spiro atoms. The fourth-order valence-corrected chi connectivity index (χ4v) is 0.953. The van der Waals surface area contributed by atoms with E-state index in [-0.39, 0.29) is 5.91 Å². The van der Waals surface area contributed by atoms with E-state index < -0.39 is 0 Å². The summed E-state index contributed by atoms with van der Waals surface area (Å²) in [6.07, 6.45) is 1.05. The smallest absolute Gasteiger partial charge is 0.217 e. The third kappa shape index (κ3) is 4.15. The quantitative estimate of drug-likeness (QED) is 0.693. The largest absolute Gasteiger partial charge is 0.494 e. The van der Waals surface area contributed by atoms with Gasteiger partial charge in [-0.25, -0.2) is 0 Å². The summed E-state index contributed by atoms with van der Waals surface area (Å²) < 4.78 is 5.35. The molecular formula is C10H13NO2. The summed E-state index contributed by atoms with van der Waals surface area (Å²) in [5, 5.41) is 0. The Morgan fingerprint density at radius 3 is 2.62 bits per heavy atom. The van der Waals surface area contributed by atoms with Gasteiger partial charge in [-0.05, 0) is 18.6 Å². The zero-order chi connectivity index (χ0) is 9.52. The first-order valence-corrected chi connectivity index (χ1v) is 4.25. The number of amides is 1. The SMILES string of the molecule is NC(=O)CCCOc1ccccc1. The van der Waals surface area contributed by atoms with Crippen LogP contribution in [0.5, 0.6) is 5.75 Å². The monoisotopic (exact) mass is 179 g/mol. The number of carbonyl (C=O) groups excluding carboxylic acids is 1. The van der Waals surface area contributed by atoms with Gasteiger partial charge < -0.3 is 10.5 Å². The molecule has 0 atom stereocenters. The van der Waals surface area contributed by atoms with Crippen LogP contribution in [0.15, 0.2) is 30.3 Å². The van der Waals surface area contributed by atoms with Crippen LogP contribution < -0.4 is 10.5 Å². The van der Waals surface area contributed by atoms with Gasteiger partial charge in [0.2, 0.25) is 5.91 Å². The first kappa shape index (κ1) is 9.58. The Morgan fingerprint density at radius 2 is 2.00 bits per heavy atom. The van der Waals surface area contributed by atoms with E-state index >= 15 is 0 Å². The fourth-order valence-electron chi connectivity index (χ4n) is 0.953. The van der Waals surface area contributed by atoms with Crippen molar-refractivity contribution in [3.05, 3.63) is 30.3 Å². The summed E-state index contributed by atoms with van der Waals surface area (Å²) in [5.74, 6) is 0.545. The molecule has 70 valence electrons. The second-order valence-electron chi connectivity index (χ2n) is 2.73. The molecule has 0 heterocycles. The van der Waals surface area contributed by atoms with Gasteiger partial charge in [0.05, 0.1) is 6.61 Å². The third-order valence-corrected chi connectivity index (χ3v) is 1.58. The summed E-state index contributed by atoms with van der Waals surface area (Å²) >= 11 is 0. The van der Waals surface area contributed by atoms with Gasteiger partial charge in [0.25, 0.3) is 0 Å². The molecular weight excluding hydrogens is 166 g/mol. The molecule has 0 aliphatic heterocycles. The Morgan fingerprint density at radius 1 is 1.31 bits per heavy atom. The van der Waals surface area contributed by atoms with Crippen LogP contribution in [0.4, 0.5) is 0 Å². The molecule has 1 aromatic rings. The average Bonchev–Trinajstić information content (AvgIpc) is 2.14. The summed E-state index contributed by atoms with van der Waals surface area (Å²) in [5.41, 5.74) is 4.98. The standard InChI is InChI=1S/C10H13NO2/c11-10(12)7-4-8-13-9-5-2-1-3-6-9/h1-3,5-6H,4,7-8H2,(H2,11,12). The second-order valence-corrected chi connectivity index (χ2v) is 2.73. The van der Waals surface area contributed by atoms with Gasteiger partial charge in [-0.15, -0.1) is 0 Å². The van der Waals surface area contributed by atoms with Crippen molar-refractivity contribution in [2.75, 3.05) is 6.61 Å². The van der Waals surface area contributed by atoms with E-state index in [4.69, 9.17) is 10.5 Å². The highest BCUT2D eigenvalue weighted by molar-refractivity contribution is 5.73. The Labute approximate surface area is 77.5 Å². The predicted octanol–water partition coefficient (Wildman–Crippen LogP) is 1.33. The summed E-state index contributed by atoms with van der Waals surface area (Å²) in [6.45, 7) is 0.535. The first-order valence-electron chi connectivity index (χ1n) is 4.25. The molecule has 3 nitrogen and oxygen atoms in total. The van der Waals surface area contributed by atoms with E-state index in [1.54, 1.807) is 0 Å². The van der Waals surface area contributed by atoms with Gasteiger partial charge in [0, 0.05) is 6.42 Å². The minimum absolute atomic E-state index is 0.281. The minimum atomic E-state index is -0.281. The number of benzene rings is 1. The van der Waals surface area contributed by atoms with E-state index in [9.17, 15) is 4.79 Å². The van der Waals surface area contributed by atoms with Gasteiger partial charge in [0.1, 0.15) is 5.75 Å². The van der Waals surface area contributed by atoms with Crippen LogP contribution in [-0.4, -0.2) is 12.5 Å². The van der Waals surface area contributed by atoms with Gasteiger partial charge in [0.15, 0.2) is 0 Å². The fraction of sp³-hybridized carbons (Fsp3) is 0.300. The third-order valence-electron chi connectivity index (χ3n) is 1.58. The lowest BCUT2D eigenvalue weighted by molar-refractivity contribution is -0.118. The Hall–Kier alpha value is -1.51. The van der Waals surface area contributed by atoms with Crippen LogP contribution in [0.25, 0.3) is 0 Å². The molecule has 0 unspecified atom stereocenters. The van der Waals surface area contributed by atoms with E-state index in [0.29, 0.717) is 19.4 Å². The average molecular weight is 179 g/mol. The molecule has 0 fully saturated rings. The summed E-state index contributed by atoms with van der Waals surface area (Å²) in [6, 6.07) is 9.50. The predicted molar refractivity (Wildman–Crippen MR) is 50.4 cm³/mol. The zero-order valence-corrected chi connectivity index (χ0v) is 7.40. The zero-order valence-electron chi connectivity index (χ0n) is 7.40. The van der Waals surface area contributed by atoms with Crippen LogP contribution in [0.3, 0.4) is 0 Å². The number of hydrogen-bond donors (Lipinski definition) is 1. The lowest BCUT2D eigenvalue weighted by atomic mass is 10.3. The van der Waals surface area contributed by atoms with Crippen molar-refractivity contribution in [3.8, 4) is 5.75 Å². The Balaban J connectivity index is 2.17. The van der Waals surface area contributed by atoms with E-state index in [1.807, 2.05) is 30.3 Å². The van der Waals surface area contributed by atoms with Crippen molar-refractivity contribution in [2.24, 2.45) is 5.73 Å². The van der Waals surface area contributed by atoms with Crippen molar-refractivity contribution in [1.82, 2.24) is 0 Å². The number of nitrogens with two attached hydrogens (primary N) is 1. The van der Waals surface area contributed by atoms with Crippen molar-refractivity contribution >= 4 is 5.91 Å². The molecule has 1 rings (SSSR count). The number of para-hydroxylation sites is 1. The lowest BCUT2D eigenvalue weighted by Crippen LogP contribution is -2.11. The number of rotatable bonds is 5. The molecule has 0 saturated heterocycles. The molecule has 0 radical (unpaired) electrons. The number of primary amides is 1. The summed E-state index contributed by atoms with van der Waals surface area (Å²) in [7, 11) is 0. The van der Waals surface area contributed by atoms with Crippen molar-refractivity contribution in [1.29, 1.82) is 0 Å². The molecule has 0 bridgehead atoms. The molecule has 3 heteroatoms. The van der Waals surface area contributed by atoms with E-state index in [1.165, 1.54) is 0 Å². The first-order chi connectivity index (χ1) is 6.29. The molecule has 2 N–H and O–H groups in total. The van der Waals surface area contributed by atoms with Crippen LogP contribution in [0.2, 0.25) is 0 Å². The number of hydrogen-bond acceptors (Lipinski definition) is 2. The Kier molecular flexibility index (Phi) is 3.82. The molecule has 0 saturated carbocycles. The van der Waals surface area contributed by atoms with Crippen molar-refractivity contribution in [3.63, 3.8) is 0 Å². The highest BCUT2D eigenvalue weighted by atomic mass is 16.5. The van der Waals surface area contributed by atoms with Gasteiger partial charge >= 0.3 is 0 Å².